The molecular formula is C12H13NO5. The Morgan fingerprint density at radius 2 is 2.39 bits per heavy atom. The molecule has 1 aromatic carbocycles. The van der Waals surface area contributed by atoms with Gasteiger partial charge in [-0.3, -0.25) is 4.79 Å². The van der Waals surface area contributed by atoms with Crippen molar-refractivity contribution in [3.05, 3.63) is 23.8 Å². The first-order valence-electron chi connectivity index (χ1n) is 5.53. The summed E-state index contributed by atoms with van der Waals surface area (Å²) >= 11 is 0. The second-order valence-corrected chi connectivity index (χ2v) is 3.75. The summed E-state index contributed by atoms with van der Waals surface area (Å²) in [6.45, 7) is 1.79. The Kier molecular flexibility index (Phi) is 3.47. The number of esters is 1. The minimum Gasteiger partial charge on any atom is -0.482 e. The van der Waals surface area contributed by atoms with Crippen LogP contribution >= 0.6 is 0 Å². The largest absolute Gasteiger partial charge is 0.482 e. The van der Waals surface area contributed by atoms with Gasteiger partial charge in [-0.2, -0.15) is 0 Å². The topological polar surface area (TPSA) is 84.9 Å². The van der Waals surface area contributed by atoms with E-state index >= 15 is 0 Å². The molecule has 0 fully saturated rings. The molecule has 6 heteroatoms. The first-order valence-corrected chi connectivity index (χ1v) is 5.53. The Hall–Kier alpha value is -2.08. The van der Waals surface area contributed by atoms with Gasteiger partial charge in [0.1, 0.15) is 5.75 Å². The van der Waals surface area contributed by atoms with Crippen molar-refractivity contribution in [1.82, 2.24) is 0 Å². The zero-order valence-electron chi connectivity index (χ0n) is 9.80. The van der Waals surface area contributed by atoms with Gasteiger partial charge in [-0.15, -0.1) is 0 Å². The van der Waals surface area contributed by atoms with E-state index < -0.39 is 12.1 Å². The minimum atomic E-state index is -1.35. The highest BCUT2D eigenvalue weighted by atomic mass is 16.5. The van der Waals surface area contributed by atoms with Crippen LogP contribution < -0.4 is 10.1 Å². The Bertz CT molecular complexity index is 485. The molecule has 6 nitrogen and oxygen atoms in total. The van der Waals surface area contributed by atoms with Crippen molar-refractivity contribution in [2.24, 2.45) is 0 Å². The average Bonchev–Trinajstić information content (AvgIpc) is 2.37. The van der Waals surface area contributed by atoms with E-state index in [1.54, 1.807) is 13.0 Å². The number of nitrogens with one attached hydrogen (secondary N) is 1. The molecule has 1 amide bonds. The predicted octanol–water partition coefficient (Wildman–Crippen LogP) is 0.614. The zero-order valence-corrected chi connectivity index (χ0v) is 9.80. The van der Waals surface area contributed by atoms with Gasteiger partial charge in [-0.1, -0.05) is 6.07 Å². The molecule has 1 aliphatic heterocycles. The number of carbonyl (C=O) groups is 2. The highest BCUT2D eigenvalue weighted by molar-refractivity contribution is 5.95. The molecule has 18 heavy (non-hydrogen) atoms. The van der Waals surface area contributed by atoms with E-state index in [1.807, 2.05) is 0 Å². The lowest BCUT2D eigenvalue weighted by Gasteiger charge is -2.19. The summed E-state index contributed by atoms with van der Waals surface area (Å²) in [6, 6.07) is 4.62. The molecule has 0 saturated carbocycles. The molecule has 2 rings (SSSR count). The number of ether oxygens (including phenoxy) is 2. The number of anilines is 1. The third-order valence-corrected chi connectivity index (χ3v) is 2.46. The lowest BCUT2D eigenvalue weighted by molar-refractivity contribution is -0.153. The van der Waals surface area contributed by atoms with Gasteiger partial charge in [0, 0.05) is 0 Å². The standard InChI is InChI=1S/C12H13NO5/c1-2-17-12(16)11(15)7-3-4-8-9(5-7)18-6-10(14)13-8/h3-5,11,15H,2,6H2,1H3,(H,13,14). The summed E-state index contributed by atoms with van der Waals surface area (Å²) in [7, 11) is 0. The fraction of sp³-hybridized carbons (Fsp3) is 0.333. The van der Waals surface area contributed by atoms with E-state index in [0.717, 1.165) is 0 Å². The summed E-state index contributed by atoms with van der Waals surface area (Å²) in [6.07, 6.45) is -1.35. The van der Waals surface area contributed by atoms with Gasteiger partial charge in [0.25, 0.3) is 5.91 Å². The number of hydrogen-bond acceptors (Lipinski definition) is 5. The molecule has 1 atom stereocenters. The van der Waals surface area contributed by atoms with E-state index in [1.165, 1.54) is 12.1 Å². The number of fused-ring (bicyclic) bond motifs is 1. The number of aliphatic hydroxyl groups is 1. The summed E-state index contributed by atoms with van der Waals surface area (Å²) in [5.41, 5.74) is 0.884. The molecule has 1 heterocycles. The van der Waals surface area contributed by atoms with Crippen molar-refractivity contribution in [1.29, 1.82) is 0 Å². The van der Waals surface area contributed by atoms with Crippen LogP contribution in [-0.2, 0) is 14.3 Å². The Balaban J connectivity index is 2.21. The fourth-order valence-electron chi connectivity index (χ4n) is 1.62. The van der Waals surface area contributed by atoms with Gasteiger partial charge in [-0.25, -0.2) is 4.79 Å². The SMILES string of the molecule is CCOC(=O)C(O)c1ccc2c(c1)OCC(=O)N2. The van der Waals surface area contributed by atoms with Crippen molar-refractivity contribution in [2.45, 2.75) is 13.0 Å². The van der Waals surface area contributed by atoms with Crippen LogP contribution in [0.25, 0.3) is 0 Å². The third kappa shape index (κ3) is 2.43. The molecule has 0 aromatic heterocycles. The van der Waals surface area contributed by atoms with E-state index in [4.69, 9.17) is 9.47 Å². The van der Waals surface area contributed by atoms with Gasteiger partial charge < -0.3 is 19.9 Å². The number of benzene rings is 1. The van der Waals surface area contributed by atoms with E-state index in [9.17, 15) is 14.7 Å². The van der Waals surface area contributed by atoms with Crippen LogP contribution in [-0.4, -0.2) is 30.2 Å². The zero-order chi connectivity index (χ0) is 13.1. The van der Waals surface area contributed by atoms with Crippen LogP contribution in [0.4, 0.5) is 5.69 Å². The smallest absolute Gasteiger partial charge is 0.339 e. The van der Waals surface area contributed by atoms with Crippen LogP contribution in [0, 0.1) is 0 Å². The monoisotopic (exact) mass is 251 g/mol. The summed E-state index contributed by atoms with van der Waals surface area (Å²) in [5, 5.41) is 12.4. The molecule has 0 bridgehead atoms. The molecule has 0 aliphatic carbocycles. The van der Waals surface area contributed by atoms with E-state index in [2.05, 4.69) is 5.32 Å². The molecule has 96 valence electrons. The molecular weight excluding hydrogens is 238 g/mol. The quantitative estimate of drug-likeness (QED) is 0.769. The first-order chi connectivity index (χ1) is 8.61. The first kappa shape index (κ1) is 12.4. The van der Waals surface area contributed by atoms with Crippen LogP contribution in [0.3, 0.4) is 0 Å². The fourth-order valence-corrected chi connectivity index (χ4v) is 1.62. The van der Waals surface area contributed by atoms with Crippen molar-refractivity contribution in [3.8, 4) is 5.75 Å². The normalized spacial score (nSPS) is 15.1. The van der Waals surface area contributed by atoms with Crippen molar-refractivity contribution < 1.29 is 24.2 Å². The number of hydrogen-bond donors (Lipinski definition) is 2. The summed E-state index contributed by atoms with van der Waals surface area (Å²) in [4.78, 5) is 22.5. The molecule has 2 N–H and O–H groups in total. The van der Waals surface area contributed by atoms with Gasteiger partial charge >= 0.3 is 5.97 Å². The highest BCUT2D eigenvalue weighted by Gasteiger charge is 2.22. The molecule has 1 unspecified atom stereocenters. The summed E-state index contributed by atoms with van der Waals surface area (Å²) < 4.78 is 9.91. The maximum atomic E-state index is 11.4. The maximum absolute atomic E-state index is 11.4. The predicted molar refractivity (Wildman–Crippen MR) is 62.2 cm³/mol. The third-order valence-electron chi connectivity index (χ3n) is 2.46. The number of carbonyl (C=O) groups excluding carboxylic acids is 2. The summed E-state index contributed by atoms with van der Waals surface area (Å²) in [5.74, 6) is -0.520. The van der Waals surface area contributed by atoms with Gasteiger partial charge in [0.15, 0.2) is 12.7 Å². The second kappa shape index (κ2) is 5.05. The number of aliphatic hydroxyl groups excluding tert-OH is 1. The van der Waals surface area contributed by atoms with E-state index in [0.29, 0.717) is 17.0 Å². The molecule has 1 aromatic rings. The van der Waals surface area contributed by atoms with Crippen molar-refractivity contribution in [3.63, 3.8) is 0 Å². The van der Waals surface area contributed by atoms with Crippen LogP contribution in [0.2, 0.25) is 0 Å². The lowest BCUT2D eigenvalue weighted by atomic mass is 10.1. The number of rotatable bonds is 3. The van der Waals surface area contributed by atoms with Gasteiger partial charge in [-0.05, 0) is 24.6 Å². The second-order valence-electron chi connectivity index (χ2n) is 3.75. The molecule has 0 radical (unpaired) electrons. The lowest BCUT2D eigenvalue weighted by Crippen LogP contribution is -2.25. The average molecular weight is 251 g/mol. The van der Waals surface area contributed by atoms with Crippen LogP contribution in [0.1, 0.15) is 18.6 Å². The Labute approximate surface area is 104 Å². The molecule has 1 aliphatic rings. The van der Waals surface area contributed by atoms with Crippen molar-refractivity contribution in [2.75, 3.05) is 18.5 Å². The highest BCUT2D eigenvalue weighted by Crippen LogP contribution is 2.30. The van der Waals surface area contributed by atoms with Crippen LogP contribution in [0.15, 0.2) is 18.2 Å². The van der Waals surface area contributed by atoms with E-state index in [-0.39, 0.29) is 19.1 Å². The van der Waals surface area contributed by atoms with Gasteiger partial charge in [0.2, 0.25) is 0 Å². The molecule has 0 spiro atoms. The Morgan fingerprint density at radius 3 is 3.11 bits per heavy atom. The van der Waals surface area contributed by atoms with Gasteiger partial charge in [0.05, 0.1) is 12.3 Å². The Morgan fingerprint density at radius 1 is 1.61 bits per heavy atom. The van der Waals surface area contributed by atoms with Crippen LogP contribution in [0.5, 0.6) is 5.75 Å². The van der Waals surface area contributed by atoms with Crippen molar-refractivity contribution >= 4 is 17.6 Å². The minimum absolute atomic E-state index is 0.0774. The maximum Gasteiger partial charge on any atom is 0.339 e. The number of amides is 1. The molecule has 0 saturated heterocycles.